The number of nitrogens with zero attached hydrogens (tertiary/aromatic N) is 2. The Bertz CT molecular complexity index is 512. The molecule has 0 aromatic heterocycles. The molecule has 0 unspecified atom stereocenters. The molecule has 0 saturated carbocycles. The van der Waals surface area contributed by atoms with Gasteiger partial charge in [-0.05, 0) is 17.7 Å². The molecule has 1 saturated heterocycles. The molecule has 0 spiro atoms. The van der Waals surface area contributed by atoms with Gasteiger partial charge in [-0.15, -0.1) is 0 Å². The standard InChI is InChI=1S/C12H17BrN2O3S/c1-14(10-11-2-4-12(13)5-3-11)19(16,17)15-6-8-18-9-7-15/h2-5H,6-10H2,1H3. The predicted octanol–water partition coefficient (Wildman–Crippen LogP) is 1.46. The van der Waals surface area contributed by atoms with Crippen molar-refractivity contribution in [2.45, 2.75) is 6.54 Å². The van der Waals surface area contributed by atoms with Crippen LogP contribution in [0.15, 0.2) is 28.7 Å². The van der Waals surface area contributed by atoms with Crippen LogP contribution >= 0.6 is 15.9 Å². The van der Waals surface area contributed by atoms with Gasteiger partial charge < -0.3 is 4.74 Å². The van der Waals surface area contributed by atoms with E-state index in [4.69, 9.17) is 4.74 Å². The van der Waals surface area contributed by atoms with Crippen LogP contribution in [0.5, 0.6) is 0 Å². The molecule has 1 aromatic rings. The van der Waals surface area contributed by atoms with Crippen molar-refractivity contribution in [1.29, 1.82) is 0 Å². The average Bonchev–Trinajstić information content (AvgIpc) is 2.42. The van der Waals surface area contributed by atoms with Crippen molar-refractivity contribution in [3.05, 3.63) is 34.3 Å². The second kappa shape index (κ2) is 6.32. The summed E-state index contributed by atoms with van der Waals surface area (Å²) in [6, 6.07) is 7.64. The molecule has 7 heteroatoms. The average molecular weight is 349 g/mol. The van der Waals surface area contributed by atoms with E-state index in [-0.39, 0.29) is 0 Å². The molecule has 1 aromatic carbocycles. The third kappa shape index (κ3) is 3.76. The molecule has 0 aliphatic carbocycles. The highest BCUT2D eigenvalue weighted by Gasteiger charge is 2.28. The lowest BCUT2D eigenvalue weighted by Gasteiger charge is -2.30. The topological polar surface area (TPSA) is 49.9 Å². The Morgan fingerprint density at radius 2 is 1.84 bits per heavy atom. The van der Waals surface area contributed by atoms with Crippen LogP contribution in [0.2, 0.25) is 0 Å². The Balaban J connectivity index is 2.05. The molecular formula is C12H17BrN2O3S. The quantitative estimate of drug-likeness (QED) is 0.827. The molecule has 2 rings (SSSR count). The summed E-state index contributed by atoms with van der Waals surface area (Å²) in [4.78, 5) is 0. The summed E-state index contributed by atoms with van der Waals surface area (Å²) in [6.07, 6.45) is 0. The van der Waals surface area contributed by atoms with E-state index < -0.39 is 10.2 Å². The smallest absolute Gasteiger partial charge is 0.282 e. The first-order chi connectivity index (χ1) is 9.00. The molecule has 1 aliphatic heterocycles. The van der Waals surface area contributed by atoms with Crippen molar-refractivity contribution in [3.8, 4) is 0 Å². The third-order valence-corrected chi connectivity index (χ3v) is 5.47. The molecule has 1 fully saturated rings. The van der Waals surface area contributed by atoms with Crippen LogP contribution in [0.25, 0.3) is 0 Å². The van der Waals surface area contributed by atoms with Gasteiger partial charge in [0.15, 0.2) is 0 Å². The molecule has 1 heterocycles. The van der Waals surface area contributed by atoms with Gasteiger partial charge in [0.2, 0.25) is 0 Å². The van der Waals surface area contributed by atoms with Gasteiger partial charge in [0, 0.05) is 31.2 Å². The van der Waals surface area contributed by atoms with Crippen LogP contribution < -0.4 is 0 Å². The molecule has 0 N–H and O–H groups in total. The SMILES string of the molecule is CN(Cc1ccc(Br)cc1)S(=O)(=O)N1CCOCC1. The van der Waals surface area contributed by atoms with E-state index >= 15 is 0 Å². The minimum atomic E-state index is -3.40. The molecule has 5 nitrogen and oxygen atoms in total. The van der Waals surface area contributed by atoms with Gasteiger partial charge in [0.1, 0.15) is 0 Å². The highest BCUT2D eigenvalue weighted by molar-refractivity contribution is 9.10. The first kappa shape index (κ1) is 14.9. The molecular weight excluding hydrogens is 332 g/mol. The molecule has 1 aliphatic rings. The first-order valence-electron chi connectivity index (χ1n) is 6.04. The number of hydrogen-bond acceptors (Lipinski definition) is 3. The van der Waals surface area contributed by atoms with Crippen molar-refractivity contribution in [1.82, 2.24) is 8.61 Å². The van der Waals surface area contributed by atoms with Gasteiger partial charge in [-0.3, -0.25) is 0 Å². The number of morpholine rings is 1. The second-order valence-electron chi connectivity index (χ2n) is 4.40. The largest absolute Gasteiger partial charge is 0.379 e. The zero-order valence-electron chi connectivity index (χ0n) is 10.8. The fourth-order valence-electron chi connectivity index (χ4n) is 1.90. The van der Waals surface area contributed by atoms with E-state index in [1.807, 2.05) is 24.3 Å². The van der Waals surface area contributed by atoms with Crippen molar-refractivity contribution in [3.63, 3.8) is 0 Å². The third-order valence-electron chi connectivity index (χ3n) is 3.01. The summed E-state index contributed by atoms with van der Waals surface area (Å²) in [5.41, 5.74) is 0.961. The van der Waals surface area contributed by atoms with Gasteiger partial charge in [-0.25, -0.2) is 0 Å². The maximum atomic E-state index is 12.3. The summed E-state index contributed by atoms with van der Waals surface area (Å²) in [6.45, 7) is 2.14. The highest BCUT2D eigenvalue weighted by Crippen LogP contribution is 2.15. The van der Waals surface area contributed by atoms with Crippen LogP contribution in [-0.2, 0) is 21.5 Å². The molecule has 0 radical (unpaired) electrons. The number of benzene rings is 1. The van der Waals surface area contributed by atoms with Crippen LogP contribution in [0.3, 0.4) is 0 Å². The Morgan fingerprint density at radius 1 is 1.26 bits per heavy atom. The van der Waals surface area contributed by atoms with Crippen LogP contribution in [0.4, 0.5) is 0 Å². The lowest BCUT2D eigenvalue weighted by molar-refractivity contribution is 0.0705. The van der Waals surface area contributed by atoms with Gasteiger partial charge >= 0.3 is 0 Å². The Hall–Kier alpha value is -0.470. The maximum Gasteiger partial charge on any atom is 0.282 e. The van der Waals surface area contributed by atoms with E-state index in [1.165, 1.54) is 8.61 Å². The minimum absolute atomic E-state index is 0.368. The molecule has 0 bridgehead atoms. The van der Waals surface area contributed by atoms with Crippen LogP contribution in [0, 0.1) is 0 Å². The predicted molar refractivity (Wildman–Crippen MR) is 76.9 cm³/mol. The molecule has 19 heavy (non-hydrogen) atoms. The van der Waals surface area contributed by atoms with E-state index in [9.17, 15) is 8.42 Å². The van der Waals surface area contributed by atoms with Gasteiger partial charge in [0.05, 0.1) is 13.2 Å². The number of halogens is 1. The van der Waals surface area contributed by atoms with E-state index in [1.54, 1.807) is 7.05 Å². The van der Waals surface area contributed by atoms with Gasteiger partial charge in [-0.1, -0.05) is 28.1 Å². The summed E-state index contributed by atoms with van der Waals surface area (Å²) in [5, 5.41) is 0. The first-order valence-corrected chi connectivity index (χ1v) is 8.23. The molecule has 0 atom stereocenters. The van der Waals surface area contributed by atoms with Crippen molar-refractivity contribution >= 4 is 26.1 Å². The maximum absolute atomic E-state index is 12.3. The summed E-state index contributed by atoms with van der Waals surface area (Å²) in [5.74, 6) is 0. The number of rotatable bonds is 4. The lowest BCUT2D eigenvalue weighted by Crippen LogP contribution is -2.47. The van der Waals surface area contributed by atoms with E-state index in [0.717, 1.165) is 10.0 Å². The number of ether oxygens (including phenoxy) is 1. The monoisotopic (exact) mass is 348 g/mol. The lowest BCUT2D eigenvalue weighted by atomic mass is 10.2. The highest BCUT2D eigenvalue weighted by atomic mass is 79.9. The van der Waals surface area contributed by atoms with Crippen LogP contribution in [0.1, 0.15) is 5.56 Å². The normalized spacial score (nSPS) is 17.8. The summed E-state index contributed by atoms with van der Waals surface area (Å²) < 4.78 is 33.7. The number of hydrogen-bond donors (Lipinski definition) is 0. The Labute approximate surface area is 122 Å². The van der Waals surface area contributed by atoms with Gasteiger partial charge in [0.25, 0.3) is 10.2 Å². The fourth-order valence-corrected chi connectivity index (χ4v) is 3.48. The summed E-state index contributed by atoms with van der Waals surface area (Å²) in [7, 11) is -1.79. The minimum Gasteiger partial charge on any atom is -0.379 e. The molecule has 106 valence electrons. The fraction of sp³-hybridized carbons (Fsp3) is 0.500. The zero-order chi connectivity index (χ0) is 13.9. The van der Waals surface area contributed by atoms with E-state index in [0.29, 0.717) is 32.8 Å². The zero-order valence-corrected chi connectivity index (χ0v) is 13.2. The van der Waals surface area contributed by atoms with Crippen molar-refractivity contribution in [2.24, 2.45) is 0 Å². The van der Waals surface area contributed by atoms with Crippen molar-refractivity contribution < 1.29 is 13.2 Å². The van der Waals surface area contributed by atoms with Crippen LogP contribution in [-0.4, -0.2) is 50.4 Å². The summed E-state index contributed by atoms with van der Waals surface area (Å²) >= 11 is 3.36. The Kier molecular flexibility index (Phi) is 4.97. The molecule has 0 amide bonds. The Morgan fingerprint density at radius 3 is 2.42 bits per heavy atom. The van der Waals surface area contributed by atoms with Crippen molar-refractivity contribution in [2.75, 3.05) is 33.4 Å². The van der Waals surface area contributed by atoms with E-state index in [2.05, 4.69) is 15.9 Å². The van der Waals surface area contributed by atoms with Gasteiger partial charge in [-0.2, -0.15) is 17.0 Å². The second-order valence-corrected chi connectivity index (χ2v) is 7.35.